The molecular formula is C23H20Cl2F5N3O4S. The van der Waals surface area contributed by atoms with Crippen LogP contribution < -0.4 is 5.48 Å². The number of carbonyl (C=O) groups excluding carboxylic acids is 1. The molecule has 2 aliphatic rings. The lowest BCUT2D eigenvalue weighted by Crippen LogP contribution is -2.60. The molecule has 1 N–H and O–H groups in total. The van der Waals surface area contributed by atoms with Crippen LogP contribution >= 0.6 is 23.2 Å². The van der Waals surface area contributed by atoms with Gasteiger partial charge in [-0.2, -0.15) is 13.2 Å². The Balaban J connectivity index is 1.54. The molecule has 2 heterocycles. The van der Waals surface area contributed by atoms with Crippen LogP contribution in [0.2, 0.25) is 10.0 Å². The van der Waals surface area contributed by atoms with E-state index in [1.165, 1.54) is 38.4 Å². The lowest BCUT2D eigenvalue weighted by molar-refractivity contribution is -0.269. The van der Waals surface area contributed by atoms with Gasteiger partial charge in [0.2, 0.25) is 21.5 Å². The van der Waals surface area contributed by atoms with Gasteiger partial charge in [0.25, 0.3) is 0 Å². The molecule has 1 unspecified atom stereocenters. The Labute approximate surface area is 224 Å². The number of benzene rings is 2. The van der Waals surface area contributed by atoms with Crippen LogP contribution in [0, 0.1) is 5.82 Å². The van der Waals surface area contributed by atoms with Crippen molar-refractivity contribution in [2.75, 3.05) is 32.9 Å². The van der Waals surface area contributed by atoms with Crippen molar-refractivity contribution >= 4 is 44.8 Å². The number of carbonyl (C=O) groups is 1. The van der Waals surface area contributed by atoms with Gasteiger partial charge in [0.15, 0.2) is 11.5 Å². The third kappa shape index (κ3) is 4.97. The van der Waals surface area contributed by atoms with Gasteiger partial charge in [-0.25, -0.2) is 21.5 Å². The zero-order chi connectivity index (χ0) is 28.3. The number of hydroxylamine groups is 1. The number of hydrogen-bond donors (Lipinski definition) is 1. The van der Waals surface area contributed by atoms with Gasteiger partial charge in [0, 0.05) is 19.7 Å². The first-order valence-electron chi connectivity index (χ1n) is 10.9. The number of sulfonamides is 1. The fourth-order valence-electron chi connectivity index (χ4n) is 4.00. The summed E-state index contributed by atoms with van der Waals surface area (Å²) in [6.07, 6.45) is -4.26. The SMILES string of the molecule is CN(C)S(=O)(=O)CC(=O)N1CC(F)(c2ccc(C3=CC(c4cc(Cl)c(F)c(Cl)c4)(C(F)(F)F)ON3)cc2)C1. The predicted molar refractivity (Wildman–Crippen MR) is 130 cm³/mol. The zero-order valence-electron chi connectivity index (χ0n) is 19.7. The molecular weight excluding hydrogens is 580 g/mol. The average Bonchev–Trinajstić information content (AvgIpc) is 3.27. The number of hydrogen-bond acceptors (Lipinski definition) is 5. The van der Waals surface area contributed by atoms with E-state index in [1.807, 2.05) is 0 Å². The highest BCUT2D eigenvalue weighted by Crippen LogP contribution is 2.48. The van der Waals surface area contributed by atoms with Crippen molar-refractivity contribution in [3.63, 3.8) is 0 Å². The molecule has 2 aliphatic heterocycles. The zero-order valence-corrected chi connectivity index (χ0v) is 22.1. The lowest BCUT2D eigenvalue weighted by Gasteiger charge is -2.44. The maximum atomic E-state index is 15.3. The van der Waals surface area contributed by atoms with Gasteiger partial charge < -0.3 is 4.90 Å². The Morgan fingerprint density at radius 3 is 2.16 bits per heavy atom. The molecule has 2 aromatic rings. The molecule has 1 fully saturated rings. The summed E-state index contributed by atoms with van der Waals surface area (Å²) >= 11 is 11.4. The number of rotatable bonds is 6. The standard InChI is InChI=1S/C23H20Cl2F5N3O4S/c1-32(2)38(35,36)10-19(34)33-11-21(27,12-33)14-5-3-13(4-6-14)18-9-22(37-31-18,23(28,29)30)15-7-16(24)20(26)17(25)8-15/h3-9,31H,10-12H2,1-2H3. The molecule has 4 rings (SSSR count). The highest BCUT2D eigenvalue weighted by Gasteiger charge is 2.60. The van der Waals surface area contributed by atoms with Crippen LogP contribution in [-0.2, 0) is 30.9 Å². The first-order chi connectivity index (χ1) is 17.5. The predicted octanol–water partition coefficient (Wildman–Crippen LogP) is 4.36. The van der Waals surface area contributed by atoms with Crippen molar-refractivity contribution < 1.29 is 40.0 Å². The van der Waals surface area contributed by atoms with E-state index in [-0.39, 0.29) is 29.9 Å². The smallest absolute Gasteiger partial charge is 0.334 e. The lowest BCUT2D eigenvalue weighted by atomic mass is 9.87. The summed E-state index contributed by atoms with van der Waals surface area (Å²) < 4.78 is 96.3. The van der Waals surface area contributed by atoms with E-state index >= 15 is 4.39 Å². The minimum absolute atomic E-state index is 0.0994. The number of nitrogens with zero attached hydrogens (tertiary/aromatic N) is 2. The van der Waals surface area contributed by atoms with E-state index in [9.17, 15) is 30.8 Å². The van der Waals surface area contributed by atoms with Gasteiger partial charge in [-0.3, -0.25) is 15.1 Å². The molecule has 2 aromatic carbocycles. The van der Waals surface area contributed by atoms with Crippen LogP contribution in [-0.4, -0.2) is 62.6 Å². The van der Waals surface area contributed by atoms with Crippen LogP contribution in [0.1, 0.15) is 16.7 Å². The van der Waals surface area contributed by atoms with Gasteiger partial charge in [0.05, 0.1) is 28.8 Å². The maximum absolute atomic E-state index is 15.3. The number of halogens is 7. The fraction of sp³-hybridized carbons (Fsp3) is 0.348. The van der Waals surface area contributed by atoms with E-state index in [0.717, 1.165) is 27.4 Å². The van der Waals surface area contributed by atoms with Gasteiger partial charge >= 0.3 is 6.18 Å². The summed E-state index contributed by atoms with van der Waals surface area (Å²) in [7, 11) is -1.24. The number of amides is 1. The topological polar surface area (TPSA) is 79.0 Å². The Morgan fingerprint density at radius 1 is 1.11 bits per heavy atom. The molecule has 1 atom stereocenters. The fourth-order valence-corrected chi connectivity index (χ4v) is 5.24. The van der Waals surface area contributed by atoms with Crippen molar-refractivity contribution in [1.29, 1.82) is 0 Å². The second-order valence-corrected chi connectivity index (χ2v) is 12.1. The second-order valence-electron chi connectivity index (χ2n) is 9.08. The molecule has 15 heteroatoms. The third-order valence-corrected chi connectivity index (χ3v) is 8.59. The maximum Gasteiger partial charge on any atom is 0.428 e. The second kappa shape index (κ2) is 9.63. The normalized spacial score (nSPS) is 21.2. The van der Waals surface area contributed by atoms with Crippen LogP contribution in [0.3, 0.4) is 0 Å². The summed E-state index contributed by atoms with van der Waals surface area (Å²) in [5, 5.41) is -1.24. The van der Waals surface area contributed by atoms with Gasteiger partial charge in [-0.15, -0.1) is 0 Å². The van der Waals surface area contributed by atoms with Crippen LogP contribution in [0.4, 0.5) is 22.0 Å². The monoisotopic (exact) mass is 599 g/mol. The summed E-state index contributed by atoms with van der Waals surface area (Å²) in [5.41, 5.74) is -3.07. The minimum atomic E-state index is -5.00. The van der Waals surface area contributed by atoms with Crippen LogP contribution in [0.25, 0.3) is 5.70 Å². The first-order valence-corrected chi connectivity index (χ1v) is 13.2. The number of nitrogens with one attached hydrogen (secondary N) is 1. The van der Waals surface area contributed by atoms with Crippen molar-refractivity contribution in [2.45, 2.75) is 17.4 Å². The third-order valence-electron chi connectivity index (χ3n) is 6.31. The van der Waals surface area contributed by atoms with Gasteiger partial charge in [-0.1, -0.05) is 47.5 Å². The highest BCUT2D eigenvalue weighted by atomic mass is 35.5. The molecule has 206 valence electrons. The molecule has 0 bridgehead atoms. The molecule has 7 nitrogen and oxygen atoms in total. The Morgan fingerprint density at radius 2 is 1.66 bits per heavy atom. The minimum Gasteiger partial charge on any atom is -0.334 e. The highest BCUT2D eigenvalue weighted by molar-refractivity contribution is 7.89. The molecule has 38 heavy (non-hydrogen) atoms. The quantitative estimate of drug-likeness (QED) is 0.394. The average molecular weight is 600 g/mol. The van der Waals surface area contributed by atoms with Crippen molar-refractivity contribution in [3.05, 3.63) is 75.0 Å². The molecule has 0 radical (unpaired) electrons. The van der Waals surface area contributed by atoms with Crippen molar-refractivity contribution in [1.82, 2.24) is 14.7 Å². The van der Waals surface area contributed by atoms with Crippen molar-refractivity contribution in [2.24, 2.45) is 0 Å². The summed E-state index contributed by atoms with van der Waals surface area (Å²) in [4.78, 5) is 18.2. The molecule has 0 aliphatic carbocycles. The molecule has 0 spiro atoms. The Bertz CT molecular complexity index is 1390. The molecule has 0 saturated carbocycles. The van der Waals surface area contributed by atoms with E-state index in [1.54, 1.807) is 0 Å². The van der Waals surface area contributed by atoms with E-state index in [2.05, 4.69) is 5.48 Å². The van der Waals surface area contributed by atoms with E-state index in [4.69, 9.17) is 28.0 Å². The van der Waals surface area contributed by atoms with E-state index < -0.39 is 60.6 Å². The van der Waals surface area contributed by atoms with Crippen LogP contribution in [0.15, 0.2) is 42.5 Å². The summed E-state index contributed by atoms with van der Waals surface area (Å²) in [6, 6.07) is 6.93. The summed E-state index contributed by atoms with van der Waals surface area (Å²) in [6.45, 7) is -0.747. The van der Waals surface area contributed by atoms with Crippen LogP contribution in [0.5, 0.6) is 0 Å². The van der Waals surface area contributed by atoms with Gasteiger partial charge in [0.1, 0.15) is 5.75 Å². The Hall–Kier alpha value is -2.45. The summed E-state index contributed by atoms with van der Waals surface area (Å²) in [5.74, 6) is -2.61. The van der Waals surface area contributed by atoms with E-state index in [0.29, 0.717) is 0 Å². The van der Waals surface area contributed by atoms with Gasteiger partial charge in [-0.05, 0) is 29.3 Å². The van der Waals surface area contributed by atoms with Crippen molar-refractivity contribution in [3.8, 4) is 0 Å². The first kappa shape index (κ1) is 28.6. The largest absolute Gasteiger partial charge is 0.428 e. The Kier molecular flexibility index (Phi) is 7.24. The number of likely N-dealkylation sites (tertiary alicyclic amines) is 1. The number of alkyl halides is 4. The molecule has 0 aromatic heterocycles. The molecule has 1 amide bonds. The molecule has 1 saturated heterocycles.